The number of H-pyrrole nitrogens is 1. The van der Waals surface area contributed by atoms with Crippen LogP contribution in [0, 0.1) is 0 Å². The van der Waals surface area contributed by atoms with E-state index in [0.717, 1.165) is 22.2 Å². The number of nitrogens with zero attached hydrogens (tertiary/aromatic N) is 2. The summed E-state index contributed by atoms with van der Waals surface area (Å²) in [5.74, 6) is 0.280. The molecule has 2 aromatic heterocycles. The van der Waals surface area contributed by atoms with Crippen LogP contribution in [0.4, 0.5) is 5.82 Å². The molecule has 3 rings (SSSR count). The predicted octanol–water partition coefficient (Wildman–Crippen LogP) is 2.36. The molecule has 2 heterocycles. The van der Waals surface area contributed by atoms with Crippen LogP contribution >= 0.6 is 0 Å². The van der Waals surface area contributed by atoms with E-state index in [-0.39, 0.29) is 11.4 Å². The van der Waals surface area contributed by atoms with Crippen molar-refractivity contribution in [2.45, 2.75) is 26.2 Å². The number of aromatic amines is 1. The second kappa shape index (κ2) is 6.08. The fourth-order valence-electron chi connectivity index (χ4n) is 2.90. The summed E-state index contributed by atoms with van der Waals surface area (Å²) in [6.07, 6.45) is 1.78. The van der Waals surface area contributed by atoms with Crippen LogP contribution in [0.5, 0.6) is 5.75 Å². The van der Waals surface area contributed by atoms with Gasteiger partial charge in [0.1, 0.15) is 11.3 Å². The Morgan fingerprint density at radius 3 is 2.76 bits per heavy atom. The highest BCUT2D eigenvalue weighted by Crippen LogP contribution is 2.35. The number of rotatable bonds is 5. The van der Waals surface area contributed by atoms with Crippen molar-refractivity contribution in [1.29, 1.82) is 0 Å². The average Bonchev–Trinajstić information content (AvgIpc) is 2.97. The van der Waals surface area contributed by atoms with Gasteiger partial charge in [-0.3, -0.25) is 14.9 Å². The summed E-state index contributed by atoms with van der Waals surface area (Å²) in [5, 5.41) is 7.76. The molecule has 0 aliphatic rings. The Bertz CT molecular complexity index is 946. The van der Waals surface area contributed by atoms with Gasteiger partial charge in [0.2, 0.25) is 0 Å². The lowest BCUT2D eigenvalue weighted by molar-refractivity contribution is 0.0999. The van der Waals surface area contributed by atoms with E-state index >= 15 is 0 Å². The van der Waals surface area contributed by atoms with Crippen LogP contribution in [0.3, 0.4) is 0 Å². The molecule has 0 bridgehead atoms. The Morgan fingerprint density at radius 2 is 2.08 bits per heavy atom. The van der Waals surface area contributed by atoms with E-state index in [1.165, 1.54) is 0 Å². The zero-order valence-electron chi connectivity index (χ0n) is 14.5. The fourth-order valence-corrected chi connectivity index (χ4v) is 2.90. The summed E-state index contributed by atoms with van der Waals surface area (Å²) in [5.41, 5.74) is 13.2. The molecule has 7 nitrogen and oxygen atoms in total. The van der Waals surface area contributed by atoms with Crippen LogP contribution in [-0.2, 0) is 5.41 Å². The molecule has 1 amide bonds. The van der Waals surface area contributed by atoms with Gasteiger partial charge in [-0.1, -0.05) is 13.8 Å². The smallest absolute Gasteiger partial charge is 0.254 e. The first kappa shape index (κ1) is 16.8. The second-order valence-corrected chi connectivity index (χ2v) is 6.36. The van der Waals surface area contributed by atoms with Gasteiger partial charge in [0.05, 0.1) is 17.8 Å². The molecule has 25 heavy (non-hydrogen) atoms. The molecule has 7 heteroatoms. The average molecular weight is 339 g/mol. The minimum atomic E-state index is -0.607. The monoisotopic (exact) mass is 339 g/mol. The van der Waals surface area contributed by atoms with E-state index in [9.17, 15) is 4.79 Å². The van der Waals surface area contributed by atoms with E-state index < -0.39 is 11.3 Å². The topological polar surface area (TPSA) is 120 Å². The molecular formula is C18H21N5O2. The number of hydrogen-bond donors (Lipinski definition) is 3. The molecule has 0 saturated heterocycles. The van der Waals surface area contributed by atoms with Crippen molar-refractivity contribution >= 4 is 22.6 Å². The molecule has 0 saturated carbocycles. The second-order valence-electron chi connectivity index (χ2n) is 6.36. The zero-order chi connectivity index (χ0) is 18.2. The van der Waals surface area contributed by atoms with Crippen LogP contribution in [-0.4, -0.2) is 27.7 Å². The van der Waals surface area contributed by atoms with Gasteiger partial charge in [-0.2, -0.15) is 5.10 Å². The molecular weight excluding hydrogens is 318 g/mol. The normalized spacial score (nSPS) is 11.6. The number of amides is 1. The van der Waals surface area contributed by atoms with Crippen molar-refractivity contribution in [2.75, 3.05) is 12.3 Å². The molecule has 3 aromatic rings. The standard InChI is InChI=1S/C18H21N5O2/c1-4-25-12-6-5-10-7-11(9-21-13(10)8-12)18(2,3)15-14(17(20)24)16(19)23-22-15/h5-9H,4H2,1-3H3,(H2,20,24)(H3,19,22,23). The van der Waals surface area contributed by atoms with Crippen molar-refractivity contribution in [1.82, 2.24) is 15.2 Å². The third kappa shape index (κ3) is 2.88. The van der Waals surface area contributed by atoms with Gasteiger partial charge in [-0.05, 0) is 30.7 Å². The number of carbonyl (C=O) groups excluding carboxylic acids is 1. The maximum absolute atomic E-state index is 11.7. The lowest BCUT2D eigenvalue weighted by Crippen LogP contribution is -2.25. The Labute approximate surface area is 145 Å². The van der Waals surface area contributed by atoms with Crippen LogP contribution in [0.1, 0.15) is 42.4 Å². The SMILES string of the molecule is CCOc1ccc2cc(C(C)(C)c3[nH]nc(N)c3C(N)=O)cnc2c1. The van der Waals surface area contributed by atoms with E-state index in [2.05, 4.69) is 15.2 Å². The molecule has 5 N–H and O–H groups in total. The van der Waals surface area contributed by atoms with E-state index in [1.807, 2.05) is 45.0 Å². The van der Waals surface area contributed by atoms with Gasteiger partial charge < -0.3 is 16.2 Å². The maximum Gasteiger partial charge on any atom is 0.254 e. The maximum atomic E-state index is 11.7. The Morgan fingerprint density at radius 1 is 1.32 bits per heavy atom. The lowest BCUT2D eigenvalue weighted by Gasteiger charge is -2.25. The van der Waals surface area contributed by atoms with E-state index in [0.29, 0.717) is 12.3 Å². The third-order valence-corrected chi connectivity index (χ3v) is 4.35. The Hall–Kier alpha value is -3.09. The molecule has 0 radical (unpaired) electrons. The number of hydrogen-bond acceptors (Lipinski definition) is 5. The number of nitrogens with two attached hydrogens (primary N) is 2. The summed E-state index contributed by atoms with van der Waals surface area (Å²) in [6.45, 7) is 6.47. The number of primary amides is 1. The third-order valence-electron chi connectivity index (χ3n) is 4.35. The molecule has 0 unspecified atom stereocenters. The minimum Gasteiger partial charge on any atom is -0.494 e. The number of fused-ring (bicyclic) bond motifs is 1. The van der Waals surface area contributed by atoms with Crippen molar-refractivity contribution in [3.8, 4) is 5.75 Å². The van der Waals surface area contributed by atoms with Gasteiger partial charge in [-0.15, -0.1) is 0 Å². The molecule has 0 aliphatic carbocycles. The molecule has 1 aromatic carbocycles. The zero-order valence-corrected chi connectivity index (χ0v) is 14.5. The molecule has 130 valence electrons. The quantitative estimate of drug-likeness (QED) is 0.659. The van der Waals surface area contributed by atoms with Crippen LogP contribution in [0.15, 0.2) is 30.5 Å². The highest BCUT2D eigenvalue weighted by atomic mass is 16.5. The van der Waals surface area contributed by atoms with Crippen molar-refractivity contribution in [2.24, 2.45) is 5.73 Å². The molecule has 0 aliphatic heterocycles. The summed E-state index contributed by atoms with van der Waals surface area (Å²) < 4.78 is 5.51. The number of benzene rings is 1. The van der Waals surface area contributed by atoms with Crippen LogP contribution in [0.25, 0.3) is 10.9 Å². The van der Waals surface area contributed by atoms with Crippen LogP contribution < -0.4 is 16.2 Å². The molecule has 0 fully saturated rings. The largest absolute Gasteiger partial charge is 0.494 e. The molecule has 0 atom stereocenters. The van der Waals surface area contributed by atoms with Gasteiger partial charge in [0, 0.05) is 23.1 Å². The first-order valence-corrected chi connectivity index (χ1v) is 8.01. The van der Waals surface area contributed by atoms with E-state index in [1.54, 1.807) is 6.20 Å². The summed E-state index contributed by atoms with van der Waals surface area (Å²) in [6, 6.07) is 7.80. The first-order valence-electron chi connectivity index (χ1n) is 8.01. The molecule has 0 spiro atoms. The van der Waals surface area contributed by atoms with Crippen molar-refractivity contribution < 1.29 is 9.53 Å². The summed E-state index contributed by atoms with van der Waals surface area (Å²) in [7, 11) is 0. The fraction of sp³-hybridized carbons (Fsp3) is 0.278. The Balaban J connectivity index is 2.08. The van der Waals surface area contributed by atoms with Crippen molar-refractivity contribution in [3.63, 3.8) is 0 Å². The highest BCUT2D eigenvalue weighted by Gasteiger charge is 2.32. The lowest BCUT2D eigenvalue weighted by atomic mass is 9.80. The minimum absolute atomic E-state index is 0.102. The predicted molar refractivity (Wildman–Crippen MR) is 96.6 cm³/mol. The van der Waals surface area contributed by atoms with Gasteiger partial charge >= 0.3 is 0 Å². The van der Waals surface area contributed by atoms with Crippen molar-refractivity contribution in [3.05, 3.63) is 47.3 Å². The summed E-state index contributed by atoms with van der Waals surface area (Å²) in [4.78, 5) is 16.3. The van der Waals surface area contributed by atoms with E-state index in [4.69, 9.17) is 16.2 Å². The number of pyridine rings is 1. The van der Waals surface area contributed by atoms with Crippen LogP contribution in [0.2, 0.25) is 0 Å². The first-order chi connectivity index (χ1) is 11.8. The number of ether oxygens (including phenoxy) is 1. The van der Waals surface area contributed by atoms with Gasteiger partial charge in [0.25, 0.3) is 5.91 Å². The van der Waals surface area contributed by atoms with Gasteiger partial charge in [-0.25, -0.2) is 0 Å². The number of carbonyl (C=O) groups is 1. The summed E-state index contributed by atoms with van der Waals surface area (Å²) >= 11 is 0. The number of anilines is 1. The number of nitrogens with one attached hydrogen (secondary N) is 1. The number of aromatic nitrogens is 3. The Kier molecular flexibility index (Phi) is 4.08. The number of nitrogen functional groups attached to an aromatic ring is 1. The van der Waals surface area contributed by atoms with Gasteiger partial charge in [0.15, 0.2) is 5.82 Å². The highest BCUT2D eigenvalue weighted by molar-refractivity contribution is 5.99.